The van der Waals surface area contributed by atoms with Gasteiger partial charge in [0.25, 0.3) is 5.24 Å². The zero-order valence-electron chi connectivity index (χ0n) is 5.78. The van der Waals surface area contributed by atoms with Crippen LogP contribution in [0.4, 0.5) is 0 Å². The van der Waals surface area contributed by atoms with Gasteiger partial charge in [0.2, 0.25) is 0 Å². The molecule has 0 spiro atoms. The number of carbonyl (C=O) groups is 1. The lowest BCUT2D eigenvalue weighted by Crippen LogP contribution is -1.87. The molecule has 5 heteroatoms. The lowest BCUT2D eigenvalue weighted by atomic mass is 10.2. The number of rotatable bonds is 1. The Morgan fingerprint density at radius 2 is 1.58 bits per heavy atom. The number of aromatic hydroxyl groups is 3. The van der Waals surface area contributed by atoms with Crippen molar-refractivity contribution < 1.29 is 20.1 Å². The van der Waals surface area contributed by atoms with Gasteiger partial charge in [-0.15, -0.1) is 0 Å². The third-order valence-electron chi connectivity index (χ3n) is 1.30. The van der Waals surface area contributed by atoms with Gasteiger partial charge in [0.1, 0.15) is 0 Å². The summed E-state index contributed by atoms with van der Waals surface area (Å²) in [6, 6.07) is 1.93. The molecule has 12 heavy (non-hydrogen) atoms. The minimum Gasteiger partial charge on any atom is -0.504 e. The van der Waals surface area contributed by atoms with E-state index in [4.69, 9.17) is 26.9 Å². The molecule has 4 nitrogen and oxygen atoms in total. The summed E-state index contributed by atoms with van der Waals surface area (Å²) in [5.74, 6) is -1.84. The number of phenolic OH excluding ortho intramolecular Hbond substituents is 3. The van der Waals surface area contributed by atoms with E-state index < -0.39 is 22.5 Å². The van der Waals surface area contributed by atoms with Gasteiger partial charge >= 0.3 is 0 Å². The van der Waals surface area contributed by atoms with E-state index in [1.165, 1.54) is 0 Å². The molecule has 3 N–H and O–H groups in total. The SMILES string of the molecule is O=C(Cl)c1cc(O)c(O)c(O)c1. The van der Waals surface area contributed by atoms with Gasteiger partial charge in [-0.1, -0.05) is 0 Å². The van der Waals surface area contributed by atoms with Crippen molar-refractivity contribution in [1.29, 1.82) is 0 Å². The highest BCUT2D eigenvalue weighted by molar-refractivity contribution is 6.67. The van der Waals surface area contributed by atoms with Gasteiger partial charge in [-0.25, -0.2) is 0 Å². The Balaban J connectivity index is 3.31. The second-order valence-electron chi connectivity index (χ2n) is 2.14. The Morgan fingerprint density at radius 1 is 1.17 bits per heavy atom. The Bertz CT molecular complexity index is 311. The molecule has 0 aliphatic carbocycles. The monoisotopic (exact) mass is 188 g/mol. The normalized spacial score (nSPS) is 9.75. The van der Waals surface area contributed by atoms with Gasteiger partial charge in [-0.05, 0) is 23.7 Å². The molecule has 1 rings (SSSR count). The van der Waals surface area contributed by atoms with Crippen LogP contribution < -0.4 is 0 Å². The number of benzene rings is 1. The summed E-state index contributed by atoms with van der Waals surface area (Å²) >= 11 is 5.06. The van der Waals surface area contributed by atoms with Crippen LogP contribution in [0.3, 0.4) is 0 Å². The lowest BCUT2D eigenvalue weighted by molar-refractivity contribution is 0.108. The van der Waals surface area contributed by atoms with Crippen LogP contribution in [0.25, 0.3) is 0 Å². The van der Waals surface area contributed by atoms with Gasteiger partial charge in [-0.3, -0.25) is 4.79 Å². The molecule has 0 radical (unpaired) electrons. The van der Waals surface area contributed by atoms with E-state index in [1.54, 1.807) is 0 Å². The first-order valence-corrected chi connectivity index (χ1v) is 3.35. The number of hydrogen-bond donors (Lipinski definition) is 3. The molecule has 64 valence electrons. The van der Waals surface area contributed by atoms with Crippen molar-refractivity contribution in [3.05, 3.63) is 17.7 Å². The summed E-state index contributed by atoms with van der Waals surface area (Å²) in [6.07, 6.45) is 0. The fourth-order valence-corrected chi connectivity index (χ4v) is 0.827. The molecule has 1 aromatic carbocycles. The summed E-state index contributed by atoms with van der Waals surface area (Å²) in [5.41, 5.74) is -0.0792. The molecule has 0 saturated carbocycles. The average Bonchev–Trinajstić information content (AvgIpc) is 1.99. The first-order valence-electron chi connectivity index (χ1n) is 2.97. The number of halogens is 1. The Labute approximate surface area is 72.6 Å². The molecule has 0 heterocycles. The lowest BCUT2D eigenvalue weighted by Gasteiger charge is -2.01. The number of phenols is 3. The fourth-order valence-electron chi connectivity index (χ4n) is 0.718. The fraction of sp³-hybridized carbons (Fsp3) is 0. The van der Waals surface area contributed by atoms with Gasteiger partial charge < -0.3 is 15.3 Å². The van der Waals surface area contributed by atoms with Crippen LogP contribution in [-0.2, 0) is 0 Å². The number of carbonyl (C=O) groups excluding carboxylic acids is 1. The van der Waals surface area contributed by atoms with Crippen LogP contribution in [0.5, 0.6) is 17.2 Å². The maximum Gasteiger partial charge on any atom is 0.252 e. The molecule has 0 atom stereocenters. The largest absolute Gasteiger partial charge is 0.504 e. The van der Waals surface area contributed by atoms with Crippen LogP contribution in [0.2, 0.25) is 0 Å². The molecule has 1 aromatic rings. The second-order valence-corrected chi connectivity index (χ2v) is 2.48. The first kappa shape index (κ1) is 8.67. The average molecular weight is 189 g/mol. The summed E-state index contributed by atoms with van der Waals surface area (Å²) < 4.78 is 0. The Kier molecular flexibility index (Phi) is 2.10. The van der Waals surface area contributed by atoms with Crippen LogP contribution in [-0.4, -0.2) is 20.6 Å². The topological polar surface area (TPSA) is 77.8 Å². The Morgan fingerprint density at radius 3 is 1.92 bits per heavy atom. The predicted molar refractivity (Wildman–Crippen MR) is 41.6 cm³/mol. The quantitative estimate of drug-likeness (QED) is 0.457. The molecule has 0 unspecified atom stereocenters. The highest BCUT2D eigenvalue weighted by Gasteiger charge is 2.11. The molecule has 0 bridgehead atoms. The standard InChI is InChI=1S/C7H5ClO4/c8-7(12)3-1-4(9)6(11)5(10)2-3/h1-2,9-11H. The van der Waals surface area contributed by atoms with E-state index in [-0.39, 0.29) is 5.56 Å². The van der Waals surface area contributed by atoms with E-state index in [9.17, 15) is 4.79 Å². The third kappa shape index (κ3) is 1.43. The van der Waals surface area contributed by atoms with E-state index in [0.29, 0.717) is 0 Å². The van der Waals surface area contributed by atoms with Crippen molar-refractivity contribution in [1.82, 2.24) is 0 Å². The molecule has 0 aliphatic rings. The van der Waals surface area contributed by atoms with Crippen LogP contribution in [0.1, 0.15) is 10.4 Å². The molecule has 0 saturated heterocycles. The summed E-state index contributed by atoms with van der Waals surface area (Å²) in [7, 11) is 0. The highest BCUT2D eigenvalue weighted by atomic mass is 35.5. The van der Waals surface area contributed by atoms with Gasteiger partial charge in [0, 0.05) is 5.56 Å². The highest BCUT2D eigenvalue weighted by Crippen LogP contribution is 2.35. The minimum atomic E-state index is -0.819. The van der Waals surface area contributed by atoms with E-state index >= 15 is 0 Å². The van der Waals surface area contributed by atoms with Gasteiger partial charge in [0.15, 0.2) is 17.2 Å². The predicted octanol–water partition coefficient (Wildman–Crippen LogP) is 1.18. The Hall–Kier alpha value is -1.42. The third-order valence-corrected chi connectivity index (χ3v) is 1.51. The molecule has 0 aliphatic heterocycles. The minimum absolute atomic E-state index is 0.0792. The zero-order valence-corrected chi connectivity index (χ0v) is 6.54. The van der Waals surface area contributed by atoms with Gasteiger partial charge in [0.05, 0.1) is 0 Å². The van der Waals surface area contributed by atoms with Crippen molar-refractivity contribution in [3.8, 4) is 17.2 Å². The molecule has 0 fully saturated rings. The van der Waals surface area contributed by atoms with Crippen molar-refractivity contribution in [2.75, 3.05) is 0 Å². The van der Waals surface area contributed by atoms with E-state index in [2.05, 4.69) is 0 Å². The molecular formula is C7H5ClO4. The maximum absolute atomic E-state index is 10.5. The van der Waals surface area contributed by atoms with Crippen molar-refractivity contribution in [3.63, 3.8) is 0 Å². The summed E-state index contributed by atoms with van der Waals surface area (Å²) in [5, 5.41) is 25.9. The van der Waals surface area contributed by atoms with Crippen LogP contribution >= 0.6 is 11.6 Å². The van der Waals surface area contributed by atoms with Gasteiger partial charge in [-0.2, -0.15) is 0 Å². The number of hydrogen-bond acceptors (Lipinski definition) is 4. The molecule has 0 aromatic heterocycles. The molecular weight excluding hydrogens is 184 g/mol. The zero-order chi connectivity index (χ0) is 9.30. The maximum atomic E-state index is 10.5. The second kappa shape index (κ2) is 2.91. The molecule has 0 amide bonds. The summed E-state index contributed by atoms with van der Waals surface area (Å²) in [6.45, 7) is 0. The van der Waals surface area contributed by atoms with Crippen molar-refractivity contribution >= 4 is 16.8 Å². The van der Waals surface area contributed by atoms with Crippen LogP contribution in [0, 0.1) is 0 Å². The van der Waals surface area contributed by atoms with Crippen molar-refractivity contribution in [2.24, 2.45) is 0 Å². The van der Waals surface area contributed by atoms with E-state index in [1.807, 2.05) is 0 Å². The first-order chi connectivity index (χ1) is 5.52. The van der Waals surface area contributed by atoms with Crippen LogP contribution in [0.15, 0.2) is 12.1 Å². The smallest absolute Gasteiger partial charge is 0.252 e. The summed E-state index contributed by atoms with van der Waals surface area (Å²) in [4.78, 5) is 10.5. The van der Waals surface area contributed by atoms with Crippen molar-refractivity contribution in [2.45, 2.75) is 0 Å². The van der Waals surface area contributed by atoms with E-state index in [0.717, 1.165) is 12.1 Å².